The number of esters is 1. The number of carbonyl (C=O) groups is 2. The first-order valence-electron chi connectivity index (χ1n) is 7.51. The number of rotatable bonds is 5. The molecule has 0 unspecified atom stereocenters. The highest BCUT2D eigenvalue weighted by atomic mass is 35.5. The van der Waals surface area contributed by atoms with Gasteiger partial charge in [0.1, 0.15) is 5.69 Å². The van der Waals surface area contributed by atoms with Crippen molar-refractivity contribution < 1.29 is 19.4 Å². The highest BCUT2D eigenvalue weighted by Crippen LogP contribution is 2.27. The van der Waals surface area contributed by atoms with Crippen LogP contribution in [-0.4, -0.2) is 33.9 Å². The minimum Gasteiger partial charge on any atom is -0.469 e. The van der Waals surface area contributed by atoms with Crippen molar-refractivity contribution in [3.63, 3.8) is 0 Å². The molecule has 0 amide bonds. The van der Waals surface area contributed by atoms with Crippen LogP contribution in [0, 0.1) is 0 Å². The van der Waals surface area contributed by atoms with Gasteiger partial charge in [-0.05, 0) is 29.8 Å². The van der Waals surface area contributed by atoms with Gasteiger partial charge in [-0.1, -0.05) is 17.7 Å². The van der Waals surface area contributed by atoms with Gasteiger partial charge in [0.15, 0.2) is 0 Å². The van der Waals surface area contributed by atoms with Gasteiger partial charge in [-0.25, -0.2) is 0 Å². The number of pyridine rings is 1. The summed E-state index contributed by atoms with van der Waals surface area (Å²) in [5.74, 6) is -0.830. The number of methoxy groups -OCH3 is 1. The Balaban J connectivity index is 2.14. The smallest absolute Gasteiger partial charge is 0.310 e. The maximum Gasteiger partial charge on any atom is 0.310 e. The predicted molar refractivity (Wildman–Crippen MR) is 92.6 cm³/mol. The normalized spacial score (nSPS) is 10.8. The molecule has 0 saturated carbocycles. The van der Waals surface area contributed by atoms with E-state index in [-0.39, 0.29) is 30.2 Å². The molecule has 0 aliphatic carbocycles. The number of aromatic nitrogens is 2. The zero-order chi connectivity index (χ0) is 18.0. The summed E-state index contributed by atoms with van der Waals surface area (Å²) in [5.41, 5.74) is 2.18. The van der Waals surface area contributed by atoms with Crippen LogP contribution in [0.15, 0.2) is 36.5 Å². The quantitative estimate of drug-likeness (QED) is 0.540. The van der Waals surface area contributed by atoms with Crippen LogP contribution < -0.4 is 0 Å². The number of benzene rings is 1. The summed E-state index contributed by atoms with van der Waals surface area (Å²) < 4.78 is 4.73. The molecule has 0 bridgehead atoms. The maximum absolute atomic E-state index is 12.9. The molecule has 0 aliphatic rings. The predicted octanol–water partition coefficient (Wildman–Crippen LogP) is 2.66. The summed E-state index contributed by atoms with van der Waals surface area (Å²) >= 11 is 6.01. The number of H-pyrrole nitrogens is 1. The molecule has 2 aromatic heterocycles. The van der Waals surface area contributed by atoms with Crippen molar-refractivity contribution in [3.8, 4) is 0 Å². The first kappa shape index (κ1) is 17.1. The maximum atomic E-state index is 12.9. The molecule has 1 aromatic carbocycles. The number of halogens is 1. The van der Waals surface area contributed by atoms with E-state index in [9.17, 15) is 14.7 Å². The number of carbonyl (C=O) groups excluding carboxylic acids is 2. The van der Waals surface area contributed by atoms with E-state index in [2.05, 4.69) is 9.97 Å². The molecule has 25 heavy (non-hydrogen) atoms. The van der Waals surface area contributed by atoms with E-state index in [1.165, 1.54) is 19.4 Å². The second-order valence-corrected chi connectivity index (χ2v) is 5.89. The number of aliphatic hydroxyl groups is 1. The minimum absolute atomic E-state index is 0.0567. The first-order valence-corrected chi connectivity index (χ1v) is 7.88. The van der Waals surface area contributed by atoms with E-state index in [1.807, 2.05) is 0 Å². The molecule has 2 heterocycles. The van der Waals surface area contributed by atoms with E-state index < -0.39 is 5.97 Å². The Kier molecular flexibility index (Phi) is 4.83. The summed E-state index contributed by atoms with van der Waals surface area (Å²) in [7, 11) is 1.29. The molecule has 0 aliphatic heterocycles. The number of hydrogen-bond acceptors (Lipinski definition) is 5. The zero-order valence-corrected chi connectivity index (χ0v) is 14.1. The van der Waals surface area contributed by atoms with Crippen molar-refractivity contribution in [3.05, 3.63) is 64.1 Å². The van der Waals surface area contributed by atoms with Crippen molar-refractivity contribution in [2.24, 2.45) is 0 Å². The van der Waals surface area contributed by atoms with Gasteiger partial charge in [0.2, 0.25) is 5.78 Å². The van der Waals surface area contributed by atoms with Gasteiger partial charge in [-0.3, -0.25) is 14.6 Å². The van der Waals surface area contributed by atoms with Gasteiger partial charge in [-0.2, -0.15) is 0 Å². The van der Waals surface area contributed by atoms with Gasteiger partial charge >= 0.3 is 5.97 Å². The Morgan fingerprint density at radius 3 is 2.80 bits per heavy atom. The summed E-state index contributed by atoms with van der Waals surface area (Å²) in [6, 6.07) is 8.27. The SMILES string of the molecule is COC(=O)Cc1c(C(=O)c2cc(CO)ccn2)[nH]c2cc(Cl)ccc12. The number of aromatic amines is 1. The molecule has 3 rings (SSSR count). The second-order valence-electron chi connectivity index (χ2n) is 5.46. The van der Waals surface area contributed by atoms with Crippen molar-refractivity contribution in [1.29, 1.82) is 0 Å². The lowest BCUT2D eigenvalue weighted by atomic mass is 10.0. The molecule has 3 aromatic rings. The number of ether oxygens (including phenoxy) is 1. The van der Waals surface area contributed by atoms with Crippen LogP contribution in [-0.2, 0) is 22.6 Å². The monoisotopic (exact) mass is 358 g/mol. The Morgan fingerprint density at radius 2 is 2.08 bits per heavy atom. The lowest BCUT2D eigenvalue weighted by Crippen LogP contribution is -2.11. The van der Waals surface area contributed by atoms with Crippen molar-refractivity contribution in [1.82, 2.24) is 9.97 Å². The average Bonchev–Trinajstić information content (AvgIpc) is 2.98. The van der Waals surface area contributed by atoms with Crippen molar-refractivity contribution in [2.45, 2.75) is 13.0 Å². The number of fused-ring (bicyclic) bond motifs is 1. The molecule has 0 saturated heterocycles. The highest BCUT2D eigenvalue weighted by Gasteiger charge is 2.22. The van der Waals surface area contributed by atoms with Crippen LogP contribution in [0.4, 0.5) is 0 Å². The van der Waals surface area contributed by atoms with E-state index in [4.69, 9.17) is 16.3 Å². The topological polar surface area (TPSA) is 92.3 Å². The van der Waals surface area contributed by atoms with Crippen LogP contribution in [0.25, 0.3) is 10.9 Å². The third-order valence-corrected chi connectivity index (χ3v) is 4.12. The lowest BCUT2D eigenvalue weighted by molar-refractivity contribution is -0.139. The molecule has 6 nitrogen and oxygen atoms in total. The summed E-state index contributed by atoms with van der Waals surface area (Å²) in [6.45, 7) is -0.194. The van der Waals surface area contributed by atoms with Gasteiger partial charge in [-0.15, -0.1) is 0 Å². The second kappa shape index (κ2) is 7.04. The Bertz CT molecular complexity index is 965. The minimum atomic E-state index is -0.457. The largest absolute Gasteiger partial charge is 0.469 e. The molecule has 0 atom stereocenters. The van der Waals surface area contributed by atoms with E-state index in [0.717, 1.165) is 5.39 Å². The lowest BCUT2D eigenvalue weighted by Gasteiger charge is -2.04. The molecule has 128 valence electrons. The van der Waals surface area contributed by atoms with Crippen molar-refractivity contribution in [2.75, 3.05) is 7.11 Å². The molecule has 0 spiro atoms. The Labute approximate surface area is 148 Å². The number of aliphatic hydroxyl groups excluding tert-OH is 1. The van der Waals surface area contributed by atoms with Crippen LogP contribution in [0.3, 0.4) is 0 Å². The molecule has 2 N–H and O–H groups in total. The number of nitrogens with zero attached hydrogens (tertiary/aromatic N) is 1. The molecule has 0 fully saturated rings. The van der Waals surface area contributed by atoms with E-state index >= 15 is 0 Å². The number of nitrogens with one attached hydrogen (secondary N) is 1. The summed E-state index contributed by atoms with van der Waals surface area (Å²) in [4.78, 5) is 31.8. The van der Waals surface area contributed by atoms with Gasteiger partial charge < -0.3 is 14.8 Å². The van der Waals surface area contributed by atoms with Crippen LogP contribution in [0.5, 0.6) is 0 Å². The molecular weight excluding hydrogens is 344 g/mol. The number of hydrogen-bond donors (Lipinski definition) is 2. The Morgan fingerprint density at radius 1 is 1.28 bits per heavy atom. The summed E-state index contributed by atoms with van der Waals surface area (Å²) in [5, 5.41) is 10.5. The fourth-order valence-corrected chi connectivity index (χ4v) is 2.82. The Hall–Kier alpha value is -2.70. The van der Waals surface area contributed by atoms with Crippen LogP contribution in [0.1, 0.15) is 27.3 Å². The average molecular weight is 359 g/mol. The van der Waals surface area contributed by atoms with Gasteiger partial charge in [0.05, 0.1) is 25.8 Å². The number of ketones is 1. The summed E-state index contributed by atoms with van der Waals surface area (Å²) in [6.07, 6.45) is 1.40. The first-order chi connectivity index (χ1) is 12.0. The third-order valence-electron chi connectivity index (χ3n) is 3.88. The fourth-order valence-electron chi connectivity index (χ4n) is 2.65. The van der Waals surface area contributed by atoms with Crippen molar-refractivity contribution >= 4 is 34.3 Å². The molecular formula is C18H15ClN2O4. The molecule has 0 radical (unpaired) electrons. The fraction of sp³-hybridized carbons (Fsp3) is 0.167. The van der Waals surface area contributed by atoms with Gasteiger partial charge in [0.25, 0.3) is 0 Å². The van der Waals surface area contributed by atoms with E-state index in [1.54, 1.807) is 24.3 Å². The van der Waals surface area contributed by atoms with Crippen LogP contribution in [0.2, 0.25) is 5.02 Å². The zero-order valence-electron chi connectivity index (χ0n) is 13.4. The highest BCUT2D eigenvalue weighted by molar-refractivity contribution is 6.31. The standard InChI is InChI=1S/C18H15ClN2O4/c1-25-16(23)8-13-12-3-2-11(19)7-14(12)21-17(13)18(24)15-6-10(9-22)4-5-20-15/h2-7,21-22H,8-9H2,1H3. The van der Waals surface area contributed by atoms with E-state index in [0.29, 0.717) is 21.7 Å². The van der Waals surface area contributed by atoms with Gasteiger partial charge in [0, 0.05) is 27.7 Å². The van der Waals surface area contributed by atoms with Crippen LogP contribution >= 0.6 is 11.6 Å². The third kappa shape index (κ3) is 3.40. The molecule has 7 heteroatoms.